The van der Waals surface area contributed by atoms with Crippen LogP contribution in [0.1, 0.15) is 52.9 Å². The van der Waals surface area contributed by atoms with Crippen molar-refractivity contribution in [1.29, 1.82) is 0 Å². The van der Waals surface area contributed by atoms with Gasteiger partial charge in [0.05, 0.1) is 0 Å². The topological polar surface area (TPSA) is 55.1 Å². The van der Waals surface area contributed by atoms with E-state index in [1.165, 1.54) is 0 Å². The first-order chi connectivity index (χ1) is 8.63. The van der Waals surface area contributed by atoms with Crippen molar-refractivity contribution in [2.75, 3.05) is 18.1 Å². The Morgan fingerprint density at radius 3 is 2.56 bits per heavy atom. The van der Waals surface area contributed by atoms with Crippen molar-refractivity contribution in [3.63, 3.8) is 0 Å². The predicted molar refractivity (Wildman–Crippen MR) is 81.9 cm³/mol. The first kappa shape index (κ1) is 17.8. The van der Waals surface area contributed by atoms with E-state index >= 15 is 0 Å². The second-order valence-electron chi connectivity index (χ2n) is 4.84. The maximum absolute atomic E-state index is 11.8. The van der Waals surface area contributed by atoms with Crippen molar-refractivity contribution in [1.82, 2.24) is 5.32 Å². The molecule has 0 aliphatic heterocycles. The van der Waals surface area contributed by atoms with Crippen molar-refractivity contribution < 1.29 is 4.79 Å². The second kappa shape index (κ2) is 11.8. The van der Waals surface area contributed by atoms with E-state index in [0.29, 0.717) is 18.4 Å². The molecule has 0 aromatic heterocycles. The quantitative estimate of drug-likeness (QED) is 0.570. The minimum atomic E-state index is 0.194. The molecule has 0 aliphatic rings. The van der Waals surface area contributed by atoms with E-state index in [9.17, 15) is 4.79 Å². The third kappa shape index (κ3) is 9.77. The van der Waals surface area contributed by atoms with Gasteiger partial charge in [0, 0.05) is 12.5 Å². The molecular weight excluding hydrogens is 244 g/mol. The molecule has 0 spiro atoms. The lowest BCUT2D eigenvalue weighted by Gasteiger charge is -2.16. The maximum atomic E-state index is 11.8. The zero-order valence-electron chi connectivity index (χ0n) is 12.2. The van der Waals surface area contributed by atoms with Crippen molar-refractivity contribution in [2.24, 2.45) is 11.7 Å². The van der Waals surface area contributed by atoms with Crippen LogP contribution in [0, 0.1) is 5.92 Å². The first-order valence-electron chi connectivity index (χ1n) is 7.21. The number of carbonyl (C=O) groups excluding carboxylic acids is 1. The van der Waals surface area contributed by atoms with Crippen LogP contribution in [0.3, 0.4) is 0 Å². The van der Waals surface area contributed by atoms with Gasteiger partial charge in [-0.1, -0.05) is 20.3 Å². The van der Waals surface area contributed by atoms with Crippen LogP contribution in [0.2, 0.25) is 0 Å². The largest absolute Gasteiger partial charge is 0.354 e. The number of rotatable bonds is 11. The molecule has 0 aromatic carbocycles. The molecule has 0 radical (unpaired) electrons. The fourth-order valence-electron chi connectivity index (χ4n) is 1.95. The summed E-state index contributed by atoms with van der Waals surface area (Å²) in [6.07, 6.45) is 4.82. The van der Waals surface area contributed by atoms with Gasteiger partial charge in [0.15, 0.2) is 0 Å². The third-order valence-corrected chi connectivity index (χ3v) is 4.17. The fraction of sp³-hybridized carbons (Fsp3) is 0.929. The van der Waals surface area contributed by atoms with Gasteiger partial charge in [-0.05, 0) is 50.2 Å². The fourth-order valence-corrected chi connectivity index (χ4v) is 2.76. The Morgan fingerprint density at radius 2 is 2.00 bits per heavy atom. The van der Waals surface area contributed by atoms with E-state index in [1.807, 2.05) is 11.8 Å². The van der Waals surface area contributed by atoms with E-state index in [0.717, 1.165) is 43.7 Å². The zero-order valence-corrected chi connectivity index (χ0v) is 13.0. The molecule has 1 amide bonds. The van der Waals surface area contributed by atoms with Gasteiger partial charge in [0.25, 0.3) is 0 Å². The van der Waals surface area contributed by atoms with Gasteiger partial charge in [0.2, 0.25) is 5.91 Å². The van der Waals surface area contributed by atoms with Crippen molar-refractivity contribution in [3.05, 3.63) is 0 Å². The van der Waals surface area contributed by atoms with Crippen LogP contribution < -0.4 is 11.1 Å². The average Bonchev–Trinajstić information content (AvgIpc) is 2.34. The molecule has 3 N–H and O–H groups in total. The molecular formula is C14H30N2OS. The van der Waals surface area contributed by atoms with Crippen LogP contribution in [0.4, 0.5) is 0 Å². The van der Waals surface area contributed by atoms with E-state index < -0.39 is 0 Å². The zero-order chi connectivity index (χ0) is 13.8. The monoisotopic (exact) mass is 274 g/mol. The van der Waals surface area contributed by atoms with Gasteiger partial charge < -0.3 is 11.1 Å². The Morgan fingerprint density at radius 1 is 1.28 bits per heavy atom. The molecule has 0 saturated carbocycles. The van der Waals surface area contributed by atoms with Gasteiger partial charge in [-0.15, -0.1) is 0 Å². The molecule has 0 heterocycles. The van der Waals surface area contributed by atoms with Gasteiger partial charge >= 0.3 is 0 Å². The highest BCUT2D eigenvalue weighted by atomic mass is 32.2. The summed E-state index contributed by atoms with van der Waals surface area (Å²) in [5.74, 6) is 3.08. The Kier molecular flexibility index (Phi) is 11.7. The summed E-state index contributed by atoms with van der Waals surface area (Å²) in [4.78, 5) is 11.8. The summed E-state index contributed by atoms with van der Waals surface area (Å²) in [5.41, 5.74) is 5.56. The van der Waals surface area contributed by atoms with Gasteiger partial charge in [-0.2, -0.15) is 11.8 Å². The molecule has 0 bridgehead atoms. The lowest BCUT2D eigenvalue weighted by molar-refractivity contribution is -0.122. The van der Waals surface area contributed by atoms with E-state index in [2.05, 4.69) is 26.1 Å². The minimum absolute atomic E-state index is 0.194. The van der Waals surface area contributed by atoms with Crippen molar-refractivity contribution >= 4 is 17.7 Å². The Balaban J connectivity index is 3.68. The summed E-state index contributed by atoms with van der Waals surface area (Å²) in [7, 11) is 0. The van der Waals surface area contributed by atoms with E-state index in [-0.39, 0.29) is 5.91 Å². The highest BCUT2D eigenvalue weighted by Crippen LogP contribution is 2.14. The standard InChI is InChI=1S/C14H30N2OS/c1-4-13(8-10-15)6-7-14(17)16-12(3)9-11-18-5-2/h12-13H,4-11,15H2,1-3H3,(H,16,17). The lowest BCUT2D eigenvalue weighted by atomic mass is 9.96. The summed E-state index contributed by atoms with van der Waals surface area (Å²) >= 11 is 1.93. The molecule has 0 fully saturated rings. The highest BCUT2D eigenvalue weighted by Gasteiger charge is 2.11. The lowest BCUT2D eigenvalue weighted by Crippen LogP contribution is -2.33. The molecule has 3 nitrogen and oxygen atoms in total. The second-order valence-corrected chi connectivity index (χ2v) is 6.24. The van der Waals surface area contributed by atoms with Gasteiger partial charge in [-0.25, -0.2) is 0 Å². The number of hydrogen-bond acceptors (Lipinski definition) is 3. The van der Waals surface area contributed by atoms with E-state index in [4.69, 9.17) is 5.73 Å². The molecule has 0 aliphatic carbocycles. The SMILES string of the molecule is CCSCCC(C)NC(=O)CCC(CC)CCN. The molecule has 0 saturated heterocycles. The van der Waals surface area contributed by atoms with Gasteiger partial charge in [-0.3, -0.25) is 4.79 Å². The number of nitrogens with two attached hydrogens (primary N) is 1. The smallest absolute Gasteiger partial charge is 0.220 e. The Labute approximate surface area is 117 Å². The first-order valence-corrected chi connectivity index (χ1v) is 8.36. The van der Waals surface area contributed by atoms with Crippen molar-refractivity contribution in [2.45, 2.75) is 58.9 Å². The van der Waals surface area contributed by atoms with Crippen LogP contribution in [-0.2, 0) is 4.79 Å². The third-order valence-electron chi connectivity index (χ3n) is 3.24. The number of thioether (sulfide) groups is 1. The van der Waals surface area contributed by atoms with E-state index in [1.54, 1.807) is 0 Å². The number of carbonyl (C=O) groups is 1. The van der Waals surface area contributed by atoms with Crippen LogP contribution in [0.25, 0.3) is 0 Å². The Bertz CT molecular complexity index is 212. The molecule has 0 aromatic rings. The summed E-state index contributed by atoms with van der Waals surface area (Å²) in [6.45, 7) is 7.15. The normalized spacial score (nSPS) is 14.2. The molecule has 108 valence electrons. The van der Waals surface area contributed by atoms with Crippen LogP contribution in [-0.4, -0.2) is 30.0 Å². The number of hydrogen-bond donors (Lipinski definition) is 2. The average molecular weight is 274 g/mol. The molecule has 2 unspecified atom stereocenters. The summed E-state index contributed by atoms with van der Waals surface area (Å²) in [5, 5.41) is 3.08. The maximum Gasteiger partial charge on any atom is 0.220 e. The molecule has 4 heteroatoms. The summed E-state index contributed by atoms with van der Waals surface area (Å²) in [6, 6.07) is 0.297. The minimum Gasteiger partial charge on any atom is -0.354 e. The molecule has 18 heavy (non-hydrogen) atoms. The van der Waals surface area contributed by atoms with Crippen LogP contribution >= 0.6 is 11.8 Å². The molecule has 2 atom stereocenters. The molecule has 0 rings (SSSR count). The van der Waals surface area contributed by atoms with Gasteiger partial charge in [0.1, 0.15) is 0 Å². The van der Waals surface area contributed by atoms with Crippen LogP contribution in [0.15, 0.2) is 0 Å². The summed E-state index contributed by atoms with van der Waals surface area (Å²) < 4.78 is 0. The predicted octanol–water partition coefficient (Wildman–Crippen LogP) is 2.79. The highest BCUT2D eigenvalue weighted by molar-refractivity contribution is 7.99. The number of nitrogens with one attached hydrogen (secondary N) is 1. The van der Waals surface area contributed by atoms with Crippen molar-refractivity contribution in [3.8, 4) is 0 Å². The van der Waals surface area contributed by atoms with Crippen LogP contribution in [0.5, 0.6) is 0 Å². The number of amides is 1. The Hall–Kier alpha value is -0.220.